The minimum atomic E-state index is -1.29. The van der Waals surface area contributed by atoms with Crippen LogP contribution in [0, 0.1) is 40.4 Å². The van der Waals surface area contributed by atoms with Gasteiger partial charge in [0.2, 0.25) is 0 Å². The number of halogens is 2. The monoisotopic (exact) mass is 598 g/mol. The molecule has 11 atom stereocenters. The molecule has 4 unspecified atom stereocenters. The maximum atomic E-state index is 14.6. The molecule has 0 bridgehead atoms. The smallest absolute Gasteiger partial charge is 0.302 e. The van der Waals surface area contributed by atoms with Crippen molar-refractivity contribution in [1.82, 2.24) is 0 Å². The van der Waals surface area contributed by atoms with Crippen molar-refractivity contribution < 1.29 is 28.6 Å². The van der Waals surface area contributed by atoms with E-state index in [9.17, 15) is 19.1 Å². The molecule has 1 N–H and O–H groups in total. The second-order valence-corrected chi connectivity index (χ2v) is 14.9. The van der Waals surface area contributed by atoms with Crippen LogP contribution in [0.3, 0.4) is 0 Å². The fraction of sp³-hybridized carbons (Fsp3) is 0.871. The summed E-state index contributed by atoms with van der Waals surface area (Å²) in [7, 11) is 0. The third-order valence-corrected chi connectivity index (χ3v) is 12.0. The molecule has 0 heterocycles. The molecule has 216 valence electrons. The van der Waals surface area contributed by atoms with Gasteiger partial charge in [-0.2, -0.15) is 0 Å². The highest BCUT2D eigenvalue weighted by molar-refractivity contribution is 9.09. The first-order valence-electron chi connectivity index (χ1n) is 14.6. The summed E-state index contributed by atoms with van der Waals surface area (Å²) in [5.41, 5.74) is -0.147. The van der Waals surface area contributed by atoms with Crippen LogP contribution in [0.5, 0.6) is 0 Å². The molecule has 4 aliphatic carbocycles. The number of aliphatic hydroxyl groups is 1. The Hall–Kier alpha value is -0.950. The van der Waals surface area contributed by atoms with E-state index in [4.69, 9.17) is 9.47 Å². The van der Waals surface area contributed by atoms with Gasteiger partial charge < -0.3 is 14.6 Å². The molecule has 5 nitrogen and oxygen atoms in total. The number of hydrogen-bond acceptors (Lipinski definition) is 5. The number of allylic oxidation sites excluding steroid dienone is 1. The zero-order chi connectivity index (χ0) is 28.2. The number of carbonyl (C=O) groups excluding carboxylic acids is 2. The fourth-order valence-electron chi connectivity index (χ4n) is 9.24. The quantitative estimate of drug-likeness (QED) is 0.195. The van der Waals surface area contributed by atoms with Crippen LogP contribution in [-0.4, -0.2) is 45.9 Å². The predicted molar refractivity (Wildman–Crippen MR) is 149 cm³/mol. The Morgan fingerprint density at radius 3 is 2.39 bits per heavy atom. The molecule has 0 saturated heterocycles. The third kappa shape index (κ3) is 5.36. The molecule has 0 spiro atoms. The van der Waals surface area contributed by atoms with Crippen LogP contribution in [0.2, 0.25) is 0 Å². The van der Waals surface area contributed by atoms with Gasteiger partial charge in [0, 0.05) is 36.9 Å². The third-order valence-electron chi connectivity index (χ3n) is 11.2. The van der Waals surface area contributed by atoms with Crippen molar-refractivity contribution in [2.45, 2.75) is 129 Å². The van der Waals surface area contributed by atoms with E-state index in [2.05, 4.69) is 42.8 Å². The Kier molecular flexibility index (Phi) is 8.53. The largest absolute Gasteiger partial charge is 0.462 e. The topological polar surface area (TPSA) is 72.8 Å². The second-order valence-electron chi connectivity index (χ2n) is 13.9. The van der Waals surface area contributed by atoms with Crippen molar-refractivity contribution in [3.05, 3.63) is 11.6 Å². The summed E-state index contributed by atoms with van der Waals surface area (Å²) in [6.45, 7) is 13.0. The zero-order valence-corrected chi connectivity index (χ0v) is 25.9. The van der Waals surface area contributed by atoms with Crippen molar-refractivity contribution in [3.63, 3.8) is 0 Å². The summed E-state index contributed by atoms with van der Waals surface area (Å²) >= 11 is 4.08. The zero-order valence-electron chi connectivity index (χ0n) is 24.3. The second kappa shape index (κ2) is 10.8. The van der Waals surface area contributed by atoms with Crippen molar-refractivity contribution in [2.24, 2.45) is 40.4 Å². The minimum absolute atomic E-state index is 0.181. The Labute approximate surface area is 236 Å². The van der Waals surface area contributed by atoms with Crippen LogP contribution in [0.25, 0.3) is 0 Å². The number of hydrogen-bond donors (Lipinski definition) is 1. The molecule has 0 radical (unpaired) electrons. The number of esters is 2. The number of fused-ring (bicyclic) bond motifs is 5. The SMILES string of the molecule is CC(=O)OC1CC2=CC(Br)[C@H]3[C@@H]4CC[C@H]([C@H](C)CCC(F)C(C)(C)O)[C@@]4(C)CC[C@@H]3[C@@]2(C)C(OC(C)=O)C1. The van der Waals surface area contributed by atoms with Crippen LogP contribution in [0.4, 0.5) is 4.39 Å². The Morgan fingerprint density at radius 1 is 1.13 bits per heavy atom. The van der Waals surface area contributed by atoms with E-state index in [0.29, 0.717) is 48.9 Å². The van der Waals surface area contributed by atoms with Gasteiger partial charge >= 0.3 is 11.9 Å². The molecular formula is C31H48BrFO5. The fourth-order valence-corrected chi connectivity index (χ4v) is 10.3. The molecule has 3 saturated carbocycles. The first-order chi connectivity index (χ1) is 17.6. The summed E-state index contributed by atoms with van der Waals surface area (Å²) in [5.74, 6) is 1.67. The average molecular weight is 600 g/mol. The summed E-state index contributed by atoms with van der Waals surface area (Å²) in [5, 5.41) is 10.1. The van der Waals surface area contributed by atoms with E-state index < -0.39 is 11.8 Å². The number of carbonyl (C=O) groups is 2. The van der Waals surface area contributed by atoms with Gasteiger partial charge in [-0.25, -0.2) is 4.39 Å². The average Bonchev–Trinajstić information content (AvgIpc) is 3.14. The standard InChI is InChI=1S/C31H48BrFO5/c1-17(8-11-26(33)29(4,5)36)22-9-10-23-28-24(12-13-30(22,23)6)31(7)20(15-25(28)32)14-21(37-18(2)34)16-27(31)38-19(3)35/h15,17,21-28,36H,8-14,16H2,1-7H3/t17-,21?,22-,23+,24+,25?,26?,27?,28+,30-,31+/m1/s1. The van der Waals surface area contributed by atoms with Crippen LogP contribution < -0.4 is 0 Å². The summed E-state index contributed by atoms with van der Waals surface area (Å²) < 4.78 is 26.2. The Balaban J connectivity index is 1.59. The van der Waals surface area contributed by atoms with E-state index >= 15 is 0 Å². The lowest BCUT2D eigenvalue weighted by molar-refractivity contribution is -0.171. The highest BCUT2D eigenvalue weighted by Gasteiger charge is 2.63. The van der Waals surface area contributed by atoms with Gasteiger partial charge in [-0.1, -0.05) is 48.4 Å². The van der Waals surface area contributed by atoms with Crippen LogP contribution >= 0.6 is 15.9 Å². The van der Waals surface area contributed by atoms with E-state index in [-0.39, 0.29) is 39.8 Å². The van der Waals surface area contributed by atoms with Crippen molar-refractivity contribution in [1.29, 1.82) is 0 Å². The first-order valence-corrected chi connectivity index (χ1v) is 15.6. The number of rotatable bonds is 7. The molecule has 0 aromatic rings. The Bertz CT molecular complexity index is 945. The maximum absolute atomic E-state index is 14.6. The van der Waals surface area contributed by atoms with Gasteiger partial charge in [0.15, 0.2) is 0 Å². The summed E-state index contributed by atoms with van der Waals surface area (Å²) in [6, 6.07) is 0. The van der Waals surface area contributed by atoms with E-state index in [1.165, 1.54) is 19.4 Å². The number of alkyl halides is 2. The van der Waals surface area contributed by atoms with Gasteiger partial charge in [0.25, 0.3) is 0 Å². The van der Waals surface area contributed by atoms with E-state index in [0.717, 1.165) is 32.1 Å². The summed E-state index contributed by atoms with van der Waals surface area (Å²) in [6.07, 6.45) is 7.43. The lowest BCUT2D eigenvalue weighted by Crippen LogP contribution is -2.59. The highest BCUT2D eigenvalue weighted by atomic mass is 79.9. The molecule has 0 aliphatic heterocycles. The lowest BCUT2D eigenvalue weighted by Gasteiger charge is -2.61. The molecule has 0 aromatic heterocycles. The van der Waals surface area contributed by atoms with Crippen molar-refractivity contribution in [2.75, 3.05) is 0 Å². The van der Waals surface area contributed by atoms with Gasteiger partial charge in [-0.05, 0) is 87.4 Å². The molecular weight excluding hydrogens is 551 g/mol. The van der Waals surface area contributed by atoms with E-state index in [1.54, 1.807) is 13.8 Å². The Morgan fingerprint density at radius 2 is 1.79 bits per heavy atom. The molecule has 0 aromatic carbocycles. The predicted octanol–water partition coefficient (Wildman–Crippen LogP) is 6.94. The highest BCUT2D eigenvalue weighted by Crippen LogP contribution is 2.68. The minimum Gasteiger partial charge on any atom is -0.462 e. The molecule has 0 amide bonds. The molecule has 4 rings (SSSR count). The normalized spacial score (nSPS) is 42.2. The molecule has 3 fully saturated rings. The van der Waals surface area contributed by atoms with Gasteiger partial charge in [-0.15, -0.1) is 0 Å². The van der Waals surface area contributed by atoms with Crippen molar-refractivity contribution >= 4 is 27.9 Å². The number of ether oxygens (including phenoxy) is 2. The molecule has 4 aliphatic rings. The molecule has 7 heteroatoms. The van der Waals surface area contributed by atoms with Crippen molar-refractivity contribution in [3.8, 4) is 0 Å². The maximum Gasteiger partial charge on any atom is 0.302 e. The van der Waals surface area contributed by atoms with Gasteiger partial charge in [0.05, 0.1) is 5.60 Å². The first kappa shape index (κ1) is 30.0. The molecule has 38 heavy (non-hydrogen) atoms. The van der Waals surface area contributed by atoms with Gasteiger partial charge in [0.1, 0.15) is 18.4 Å². The van der Waals surface area contributed by atoms with Crippen LogP contribution in [0.15, 0.2) is 11.6 Å². The van der Waals surface area contributed by atoms with Crippen LogP contribution in [-0.2, 0) is 19.1 Å². The lowest BCUT2D eigenvalue weighted by atomic mass is 9.46. The van der Waals surface area contributed by atoms with Crippen LogP contribution in [0.1, 0.15) is 99.8 Å². The van der Waals surface area contributed by atoms with Gasteiger partial charge in [-0.3, -0.25) is 9.59 Å². The van der Waals surface area contributed by atoms with E-state index in [1.807, 2.05) is 0 Å². The summed E-state index contributed by atoms with van der Waals surface area (Å²) in [4.78, 5) is 24.2.